The Labute approximate surface area is 153 Å². The first-order valence-electron chi connectivity index (χ1n) is 7.87. The van der Waals surface area contributed by atoms with Crippen molar-refractivity contribution in [1.29, 1.82) is 0 Å². The summed E-state index contributed by atoms with van der Waals surface area (Å²) >= 11 is 2.69. The summed E-state index contributed by atoms with van der Waals surface area (Å²) in [4.78, 5) is 12.1. The molecular weight excluding hydrogens is 360 g/mol. The van der Waals surface area contributed by atoms with E-state index in [9.17, 15) is 4.79 Å². The van der Waals surface area contributed by atoms with Crippen LogP contribution in [0.3, 0.4) is 0 Å². The number of furan rings is 1. The van der Waals surface area contributed by atoms with Crippen molar-refractivity contribution in [2.45, 2.75) is 38.4 Å². The zero-order valence-electron chi connectivity index (χ0n) is 13.9. The lowest BCUT2D eigenvalue weighted by atomic mass is 10.3. The van der Waals surface area contributed by atoms with Crippen LogP contribution in [0.5, 0.6) is 0 Å². The highest BCUT2D eigenvalue weighted by molar-refractivity contribution is 7.99. The first-order valence-corrected chi connectivity index (χ1v) is 9.67. The molecule has 3 heterocycles. The Hall–Kier alpha value is -2.20. The van der Waals surface area contributed by atoms with Gasteiger partial charge in [0.05, 0.1) is 12.0 Å². The molecule has 10 heteroatoms. The number of amides is 1. The SMILES string of the molecule is CCCCn1c(SCC(=O)Nc2nnc(C)s2)nnc1-c1ccco1. The van der Waals surface area contributed by atoms with Crippen molar-refractivity contribution in [3.05, 3.63) is 23.4 Å². The van der Waals surface area contributed by atoms with Crippen molar-refractivity contribution in [2.24, 2.45) is 0 Å². The van der Waals surface area contributed by atoms with E-state index in [1.165, 1.54) is 23.1 Å². The summed E-state index contributed by atoms with van der Waals surface area (Å²) in [7, 11) is 0. The summed E-state index contributed by atoms with van der Waals surface area (Å²) in [5.74, 6) is 1.43. The van der Waals surface area contributed by atoms with Crippen LogP contribution in [0.4, 0.5) is 5.13 Å². The van der Waals surface area contributed by atoms with Crippen LogP contribution in [0.25, 0.3) is 11.6 Å². The molecule has 0 spiro atoms. The van der Waals surface area contributed by atoms with E-state index in [0.717, 1.165) is 24.4 Å². The Morgan fingerprint density at radius 2 is 2.24 bits per heavy atom. The van der Waals surface area contributed by atoms with Crippen molar-refractivity contribution in [3.8, 4) is 11.6 Å². The largest absolute Gasteiger partial charge is 0.461 e. The zero-order valence-corrected chi connectivity index (χ0v) is 15.6. The van der Waals surface area contributed by atoms with Gasteiger partial charge in [-0.1, -0.05) is 36.4 Å². The first-order chi connectivity index (χ1) is 12.2. The van der Waals surface area contributed by atoms with Crippen molar-refractivity contribution in [1.82, 2.24) is 25.0 Å². The molecule has 25 heavy (non-hydrogen) atoms. The van der Waals surface area contributed by atoms with Crippen molar-refractivity contribution in [2.75, 3.05) is 11.1 Å². The average molecular weight is 378 g/mol. The molecule has 8 nitrogen and oxygen atoms in total. The number of rotatable bonds is 8. The second-order valence-corrected chi connectivity index (χ2v) is 7.38. The van der Waals surface area contributed by atoms with E-state index in [1.807, 2.05) is 23.6 Å². The van der Waals surface area contributed by atoms with E-state index in [-0.39, 0.29) is 11.7 Å². The molecule has 0 fully saturated rings. The normalized spacial score (nSPS) is 11.0. The predicted octanol–water partition coefficient (Wildman–Crippen LogP) is 3.23. The van der Waals surface area contributed by atoms with E-state index in [0.29, 0.717) is 21.9 Å². The van der Waals surface area contributed by atoms with Crippen LogP contribution < -0.4 is 5.32 Å². The molecule has 0 aromatic carbocycles. The van der Waals surface area contributed by atoms with Gasteiger partial charge < -0.3 is 4.42 Å². The number of unbranched alkanes of at least 4 members (excludes halogenated alkanes) is 1. The minimum atomic E-state index is -0.147. The van der Waals surface area contributed by atoms with E-state index in [2.05, 4.69) is 32.6 Å². The van der Waals surface area contributed by atoms with Gasteiger partial charge in [-0.05, 0) is 25.5 Å². The Morgan fingerprint density at radius 1 is 1.36 bits per heavy atom. The van der Waals surface area contributed by atoms with Crippen LogP contribution in [0.15, 0.2) is 28.0 Å². The summed E-state index contributed by atoms with van der Waals surface area (Å²) in [6, 6.07) is 3.67. The standard InChI is InChI=1S/C15H18N6O2S2/c1-3-4-7-21-13(11-6-5-8-23-11)18-20-15(21)24-9-12(22)16-14-19-17-10(2)25-14/h5-6,8H,3-4,7,9H2,1-2H3,(H,16,19,22). The minimum absolute atomic E-state index is 0.147. The highest BCUT2D eigenvalue weighted by Crippen LogP contribution is 2.25. The summed E-state index contributed by atoms with van der Waals surface area (Å²) in [6.45, 7) is 4.74. The van der Waals surface area contributed by atoms with Gasteiger partial charge in [-0.25, -0.2) is 0 Å². The number of thioether (sulfide) groups is 1. The molecular formula is C15H18N6O2S2. The lowest BCUT2D eigenvalue weighted by molar-refractivity contribution is -0.113. The fraction of sp³-hybridized carbons (Fsp3) is 0.400. The molecule has 0 aliphatic rings. The minimum Gasteiger partial charge on any atom is -0.461 e. The molecule has 0 saturated heterocycles. The number of hydrogen-bond donors (Lipinski definition) is 1. The number of nitrogens with one attached hydrogen (secondary N) is 1. The van der Waals surface area contributed by atoms with E-state index in [4.69, 9.17) is 4.42 Å². The number of aromatic nitrogens is 5. The van der Waals surface area contributed by atoms with Crippen LogP contribution in [0.2, 0.25) is 0 Å². The van der Waals surface area contributed by atoms with E-state index < -0.39 is 0 Å². The van der Waals surface area contributed by atoms with Crippen LogP contribution in [0.1, 0.15) is 24.8 Å². The molecule has 3 aromatic rings. The lowest BCUT2D eigenvalue weighted by Gasteiger charge is -2.08. The van der Waals surface area contributed by atoms with Gasteiger partial charge in [0.15, 0.2) is 16.7 Å². The topological polar surface area (TPSA) is 98.7 Å². The van der Waals surface area contributed by atoms with Gasteiger partial charge in [-0.15, -0.1) is 20.4 Å². The van der Waals surface area contributed by atoms with E-state index in [1.54, 1.807) is 6.26 Å². The number of carbonyl (C=O) groups excluding carboxylic acids is 1. The Kier molecular flexibility index (Phi) is 5.82. The van der Waals surface area contributed by atoms with Crippen LogP contribution in [-0.2, 0) is 11.3 Å². The molecule has 0 aliphatic heterocycles. The van der Waals surface area contributed by atoms with Crippen molar-refractivity contribution >= 4 is 34.1 Å². The maximum Gasteiger partial charge on any atom is 0.236 e. The third-order valence-electron chi connectivity index (χ3n) is 3.30. The Morgan fingerprint density at radius 3 is 2.92 bits per heavy atom. The first kappa shape index (κ1) is 17.6. The second-order valence-electron chi connectivity index (χ2n) is 5.25. The summed E-state index contributed by atoms with van der Waals surface area (Å²) in [5.41, 5.74) is 0. The Bertz CT molecular complexity index is 827. The number of nitrogens with zero attached hydrogens (tertiary/aromatic N) is 5. The van der Waals surface area contributed by atoms with E-state index >= 15 is 0 Å². The molecule has 3 rings (SSSR count). The van der Waals surface area contributed by atoms with Gasteiger partial charge in [0.1, 0.15) is 5.01 Å². The van der Waals surface area contributed by atoms with Gasteiger partial charge >= 0.3 is 0 Å². The maximum atomic E-state index is 12.1. The molecule has 0 radical (unpaired) electrons. The molecule has 3 aromatic heterocycles. The Balaban J connectivity index is 1.68. The molecule has 0 atom stereocenters. The van der Waals surface area contributed by atoms with Gasteiger partial charge in [0.25, 0.3) is 0 Å². The quantitative estimate of drug-likeness (QED) is 0.601. The number of aryl methyl sites for hydroxylation is 1. The van der Waals surface area contributed by atoms with Crippen LogP contribution in [0, 0.1) is 6.92 Å². The highest BCUT2D eigenvalue weighted by atomic mass is 32.2. The van der Waals surface area contributed by atoms with Crippen LogP contribution in [-0.4, -0.2) is 36.6 Å². The lowest BCUT2D eigenvalue weighted by Crippen LogP contribution is -2.14. The predicted molar refractivity (Wildman–Crippen MR) is 96.6 cm³/mol. The van der Waals surface area contributed by atoms with Gasteiger partial charge in [-0.3, -0.25) is 14.7 Å². The summed E-state index contributed by atoms with van der Waals surface area (Å²) in [5, 5.41) is 21.0. The number of carbonyl (C=O) groups is 1. The molecule has 0 aliphatic carbocycles. The smallest absolute Gasteiger partial charge is 0.236 e. The zero-order chi connectivity index (χ0) is 17.6. The molecule has 1 N–H and O–H groups in total. The van der Waals surface area contributed by atoms with Gasteiger partial charge in [0.2, 0.25) is 11.0 Å². The molecule has 0 unspecified atom stereocenters. The highest BCUT2D eigenvalue weighted by Gasteiger charge is 2.17. The summed E-state index contributed by atoms with van der Waals surface area (Å²) in [6.07, 6.45) is 3.66. The van der Waals surface area contributed by atoms with Crippen molar-refractivity contribution < 1.29 is 9.21 Å². The third kappa shape index (κ3) is 4.45. The molecule has 1 amide bonds. The second kappa shape index (κ2) is 8.26. The molecule has 0 bridgehead atoms. The monoisotopic (exact) mass is 378 g/mol. The molecule has 132 valence electrons. The fourth-order valence-corrected chi connectivity index (χ4v) is 3.51. The maximum absolute atomic E-state index is 12.1. The van der Waals surface area contributed by atoms with Gasteiger partial charge in [-0.2, -0.15) is 0 Å². The third-order valence-corrected chi connectivity index (χ3v) is 5.02. The number of hydrogen-bond acceptors (Lipinski definition) is 8. The van der Waals surface area contributed by atoms with Crippen molar-refractivity contribution in [3.63, 3.8) is 0 Å². The average Bonchev–Trinajstić information content (AvgIpc) is 3.31. The van der Waals surface area contributed by atoms with Crippen LogP contribution >= 0.6 is 23.1 Å². The fourth-order valence-electron chi connectivity index (χ4n) is 2.13. The van der Waals surface area contributed by atoms with Gasteiger partial charge in [0, 0.05) is 6.54 Å². The summed E-state index contributed by atoms with van der Waals surface area (Å²) < 4.78 is 7.43. The number of anilines is 1. The molecule has 0 saturated carbocycles.